The molecule has 2 aromatic rings. The Balaban J connectivity index is 2.23. The molecule has 2 aromatic heterocycles. The Morgan fingerprint density at radius 3 is 2.67 bits per heavy atom. The summed E-state index contributed by atoms with van der Waals surface area (Å²) < 4.78 is 19.7. The number of nitrogens with two attached hydrogens (primary N) is 1. The third-order valence-electron chi connectivity index (χ3n) is 3.50. The van der Waals surface area contributed by atoms with Gasteiger partial charge in [0.05, 0.1) is 17.4 Å². The van der Waals surface area contributed by atoms with Crippen molar-refractivity contribution in [2.45, 2.75) is 32.5 Å². The zero-order valence-corrected chi connectivity index (χ0v) is 13.6. The van der Waals surface area contributed by atoms with Gasteiger partial charge in [0.25, 0.3) is 0 Å². The lowest BCUT2D eigenvalue weighted by Gasteiger charge is -2.18. The van der Waals surface area contributed by atoms with E-state index in [1.165, 1.54) is 0 Å². The Hall–Kier alpha value is -2.76. The minimum Gasteiger partial charge on any atom is -0.474 e. The molecule has 1 aliphatic rings. The number of allylic oxidation sites excluding steroid dienone is 4. The summed E-state index contributed by atoms with van der Waals surface area (Å²) in [6, 6.07) is 3.68. The van der Waals surface area contributed by atoms with E-state index in [1.807, 2.05) is 32.1 Å². The monoisotopic (exact) mass is 326 g/mol. The molecular weight excluding hydrogens is 307 g/mol. The first-order valence-corrected chi connectivity index (χ1v) is 7.82. The van der Waals surface area contributed by atoms with E-state index in [9.17, 15) is 4.39 Å². The topological polar surface area (TPSA) is 73.9 Å². The van der Waals surface area contributed by atoms with Gasteiger partial charge in [-0.3, -0.25) is 4.98 Å². The van der Waals surface area contributed by atoms with Crippen LogP contribution in [0.5, 0.6) is 5.88 Å². The summed E-state index contributed by atoms with van der Waals surface area (Å²) in [5.41, 5.74) is 8.62. The fraction of sp³-hybridized carbons (Fsp3) is 0.278. The van der Waals surface area contributed by atoms with Crippen molar-refractivity contribution in [1.82, 2.24) is 15.0 Å². The van der Waals surface area contributed by atoms with Crippen LogP contribution in [0.15, 0.2) is 42.8 Å². The molecule has 3 rings (SSSR count). The van der Waals surface area contributed by atoms with Gasteiger partial charge in [-0.05, 0) is 43.2 Å². The molecule has 0 spiro atoms. The fourth-order valence-electron chi connectivity index (χ4n) is 2.55. The number of alkyl halides is 1. The predicted octanol–water partition coefficient (Wildman–Crippen LogP) is 3.59. The van der Waals surface area contributed by atoms with Crippen LogP contribution >= 0.6 is 0 Å². The van der Waals surface area contributed by atoms with Crippen LogP contribution in [0.4, 0.5) is 10.3 Å². The summed E-state index contributed by atoms with van der Waals surface area (Å²) >= 11 is 0. The molecule has 2 heterocycles. The standard InChI is InChI=1S/C18H19FN4O/c1-11(2)24-17-15(12-6-8-21-9-7-12)16(22-18(20)23-17)13-4-3-5-14(19)10-13/h3-4,6-11,14H,5H2,1-2H3,(H2,20,22,23). The second kappa shape index (κ2) is 6.78. The van der Waals surface area contributed by atoms with Crippen LogP contribution < -0.4 is 10.5 Å². The first kappa shape index (κ1) is 16.1. The highest BCUT2D eigenvalue weighted by Gasteiger charge is 2.21. The summed E-state index contributed by atoms with van der Waals surface area (Å²) in [6.07, 6.45) is 7.78. The molecule has 24 heavy (non-hydrogen) atoms. The second-order valence-electron chi connectivity index (χ2n) is 5.79. The third kappa shape index (κ3) is 3.42. The van der Waals surface area contributed by atoms with Gasteiger partial charge in [0.15, 0.2) is 0 Å². The Labute approximate surface area is 140 Å². The largest absolute Gasteiger partial charge is 0.474 e. The summed E-state index contributed by atoms with van der Waals surface area (Å²) in [6.45, 7) is 3.82. The Morgan fingerprint density at radius 2 is 2.00 bits per heavy atom. The number of nitrogen functional groups attached to an aromatic ring is 1. The van der Waals surface area contributed by atoms with Gasteiger partial charge in [-0.2, -0.15) is 4.98 Å². The van der Waals surface area contributed by atoms with E-state index in [-0.39, 0.29) is 12.1 Å². The maximum absolute atomic E-state index is 13.8. The van der Waals surface area contributed by atoms with Gasteiger partial charge in [-0.15, -0.1) is 0 Å². The Morgan fingerprint density at radius 1 is 1.25 bits per heavy atom. The van der Waals surface area contributed by atoms with E-state index >= 15 is 0 Å². The number of anilines is 1. The number of rotatable bonds is 4. The van der Waals surface area contributed by atoms with Gasteiger partial charge in [0, 0.05) is 18.8 Å². The highest BCUT2D eigenvalue weighted by Crippen LogP contribution is 2.37. The minimum atomic E-state index is -1.04. The van der Waals surface area contributed by atoms with Crippen molar-refractivity contribution < 1.29 is 9.13 Å². The van der Waals surface area contributed by atoms with Crippen molar-refractivity contribution in [1.29, 1.82) is 0 Å². The molecule has 5 nitrogen and oxygen atoms in total. The van der Waals surface area contributed by atoms with Gasteiger partial charge >= 0.3 is 0 Å². The van der Waals surface area contributed by atoms with Gasteiger partial charge in [-0.25, -0.2) is 9.37 Å². The maximum Gasteiger partial charge on any atom is 0.227 e. The summed E-state index contributed by atoms with van der Waals surface area (Å²) in [4.78, 5) is 12.6. The highest BCUT2D eigenvalue weighted by molar-refractivity contribution is 5.86. The molecule has 124 valence electrons. The molecule has 0 aromatic carbocycles. The smallest absolute Gasteiger partial charge is 0.227 e. The maximum atomic E-state index is 13.8. The summed E-state index contributed by atoms with van der Waals surface area (Å²) in [5, 5.41) is 0. The van der Waals surface area contributed by atoms with Crippen molar-refractivity contribution in [3.63, 3.8) is 0 Å². The van der Waals surface area contributed by atoms with Crippen molar-refractivity contribution in [2.24, 2.45) is 0 Å². The number of halogens is 1. The molecule has 0 amide bonds. The number of hydrogen-bond donors (Lipinski definition) is 1. The van der Waals surface area contributed by atoms with Crippen molar-refractivity contribution in [3.05, 3.63) is 48.4 Å². The van der Waals surface area contributed by atoms with Crippen LogP contribution in [0.3, 0.4) is 0 Å². The lowest BCUT2D eigenvalue weighted by Crippen LogP contribution is -2.12. The zero-order valence-electron chi connectivity index (χ0n) is 13.6. The molecule has 0 radical (unpaired) electrons. The van der Waals surface area contributed by atoms with Crippen LogP contribution in [-0.4, -0.2) is 27.2 Å². The number of aromatic nitrogens is 3. The van der Waals surface area contributed by atoms with E-state index in [0.29, 0.717) is 29.1 Å². The molecule has 0 fully saturated rings. The third-order valence-corrected chi connectivity index (χ3v) is 3.50. The van der Waals surface area contributed by atoms with E-state index in [1.54, 1.807) is 24.5 Å². The number of hydrogen-bond acceptors (Lipinski definition) is 5. The number of ether oxygens (including phenoxy) is 1. The van der Waals surface area contributed by atoms with Crippen LogP contribution in [0.2, 0.25) is 0 Å². The Kier molecular flexibility index (Phi) is 4.55. The molecule has 0 saturated carbocycles. The minimum absolute atomic E-state index is 0.0856. The van der Waals surface area contributed by atoms with Gasteiger partial charge in [-0.1, -0.05) is 12.2 Å². The molecular formula is C18H19FN4O. The first-order chi connectivity index (χ1) is 11.5. The lowest BCUT2D eigenvalue weighted by atomic mass is 9.96. The normalized spacial score (nSPS) is 17.0. The van der Waals surface area contributed by atoms with Crippen molar-refractivity contribution >= 4 is 11.5 Å². The average molecular weight is 326 g/mol. The van der Waals surface area contributed by atoms with Crippen LogP contribution in [0.1, 0.15) is 26.0 Å². The molecule has 1 unspecified atom stereocenters. The molecule has 1 aliphatic carbocycles. The summed E-state index contributed by atoms with van der Waals surface area (Å²) in [5.74, 6) is 0.475. The van der Waals surface area contributed by atoms with Crippen LogP contribution in [-0.2, 0) is 0 Å². The zero-order chi connectivity index (χ0) is 17.1. The van der Waals surface area contributed by atoms with E-state index in [4.69, 9.17) is 10.5 Å². The number of pyridine rings is 1. The lowest BCUT2D eigenvalue weighted by molar-refractivity contribution is 0.234. The van der Waals surface area contributed by atoms with E-state index in [2.05, 4.69) is 15.0 Å². The van der Waals surface area contributed by atoms with Crippen LogP contribution in [0.25, 0.3) is 16.7 Å². The van der Waals surface area contributed by atoms with Gasteiger partial charge < -0.3 is 10.5 Å². The summed E-state index contributed by atoms with van der Waals surface area (Å²) in [7, 11) is 0. The molecule has 0 saturated heterocycles. The molecule has 0 aliphatic heterocycles. The van der Waals surface area contributed by atoms with E-state index < -0.39 is 6.17 Å². The first-order valence-electron chi connectivity index (χ1n) is 7.82. The van der Waals surface area contributed by atoms with Crippen LogP contribution in [0, 0.1) is 0 Å². The molecule has 0 bridgehead atoms. The van der Waals surface area contributed by atoms with Gasteiger partial charge in [0.2, 0.25) is 11.8 Å². The second-order valence-corrected chi connectivity index (χ2v) is 5.79. The predicted molar refractivity (Wildman–Crippen MR) is 92.1 cm³/mol. The van der Waals surface area contributed by atoms with Gasteiger partial charge in [0.1, 0.15) is 6.17 Å². The number of nitrogens with zero attached hydrogens (tertiary/aromatic N) is 3. The quantitative estimate of drug-likeness (QED) is 0.929. The highest BCUT2D eigenvalue weighted by atomic mass is 19.1. The molecule has 6 heteroatoms. The van der Waals surface area contributed by atoms with Crippen molar-refractivity contribution in [3.8, 4) is 17.0 Å². The molecule has 1 atom stereocenters. The fourth-order valence-corrected chi connectivity index (χ4v) is 2.55. The van der Waals surface area contributed by atoms with Crippen molar-refractivity contribution in [2.75, 3.05) is 5.73 Å². The SMILES string of the molecule is CC(C)Oc1nc(N)nc(C2=CC(F)CC=C2)c1-c1ccncc1. The average Bonchev–Trinajstić information content (AvgIpc) is 2.54. The molecule has 2 N–H and O–H groups in total. The van der Waals surface area contributed by atoms with E-state index in [0.717, 1.165) is 5.56 Å². The Bertz CT molecular complexity index is 787.